The standard InChI is InChI=1S/C16H15N3OS/c1-10-3-2-4-11(7-10)16(20)19-6-5-12-13(8-17)15(18)21-14(12)9-19/h2-4,7H,5-6,9,18H2,1H3. The lowest BCUT2D eigenvalue weighted by molar-refractivity contribution is 0.0737. The third-order valence-electron chi connectivity index (χ3n) is 3.75. The van der Waals surface area contributed by atoms with Gasteiger partial charge in [-0.2, -0.15) is 5.26 Å². The van der Waals surface area contributed by atoms with Crippen LogP contribution in [-0.2, 0) is 13.0 Å². The molecule has 3 rings (SSSR count). The van der Waals surface area contributed by atoms with E-state index in [1.807, 2.05) is 36.1 Å². The Morgan fingerprint density at radius 2 is 2.29 bits per heavy atom. The average molecular weight is 297 g/mol. The van der Waals surface area contributed by atoms with Crippen molar-refractivity contribution in [3.05, 3.63) is 51.4 Å². The number of carbonyl (C=O) groups excluding carboxylic acids is 1. The Kier molecular flexibility index (Phi) is 3.40. The fourth-order valence-electron chi connectivity index (χ4n) is 2.68. The van der Waals surface area contributed by atoms with Gasteiger partial charge >= 0.3 is 0 Å². The van der Waals surface area contributed by atoms with E-state index in [0.717, 1.165) is 16.0 Å². The molecule has 2 heterocycles. The quantitative estimate of drug-likeness (QED) is 0.879. The van der Waals surface area contributed by atoms with E-state index in [2.05, 4.69) is 6.07 Å². The number of nitrogens with zero attached hydrogens (tertiary/aromatic N) is 2. The van der Waals surface area contributed by atoms with Crippen LogP contribution in [0.15, 0.2) is 24.3 Å². The predicted octanol–water partition coefficient (Wildman–Crippen LogP) is 2.71. The number of anilines is 1. The number of nitrogen functional groups attached to an aromatic ring is 1. The Morgan fingerprint density at radius 1 is 1.48 bits per heavy atom. The summed E-state index contributed by atoms with van der Waals surface area (Å²) in [6.45, 7) is 3.15. The van der Waals surface area contributed by atoms with Gasteiger partial charge in [-0.15, -0.1) is 11.3 Å². The highest BCUT2D eigenvalue weighted by Crippen LogP contribution is 2.34. The van der Waals surface area contributed by atoms with E-state index in [-0.39, 0.29) is 5.91 Å². The molecule has 0 atom stereocenters. The predicted molar refractivity (Wildman–Crippen MR) is 83.1 cm³/mol. The monoisotopic (exact) mass is 297 g/mol. The van der Waals surface area contributed by atoms with Gasteiger partial charge in [-0.25, -0.2) is 0 Å². The Balaban J connectivity index is 1.87. The van der Waals surface area contributed by atoms with E-state index in [4.69, 9.17) is 11.0 Å². The molecule has 1 amide bonds. The number of fused-ring (bicyclic) bond motifs is 1. The van der Waals surface area contributed by atoms with Crippen LogP contribution in [0.1, 0.15) is 31.9 Å². The van der Waals surface area contributed by atoms with Crippen molar-refractivity contribution in [1.29, 1.82) is 5.26 Å². The van der Waals surface area contributed by atoms with Crippen molar-refractivity contribution < 1.29 is 4.79 Å². The molecule has 1 aromatic carbocycles. The molecule has 106 valence electrons. The van der Waals surface area contributed by atoms with E-state index in [1.54, 1.807) is 0 Å². The molecule has 0 aliphatic carbocycles. The topological polar surface area (TPSA) is 70.1 Å². The molecule has 0 saturated heterocycles. The first-order valence-electron chi connectivity index (χ1n) is 6.76. The Bertz CT molecular complexity index is 757. The van der Waals surface area contributed by atoms with E-state index < -0.39 is 0 Å². The minimum Gasteiger partial charge on any atom is -0.389 e. The van der Waals surface area contributed by atoms with Crippen LogP contribution in [0, 0.1) is 18.3 Å². The van der Waals surface area contributed by atoms with E-state index in [9.17, 15) is 4.79 Å². The lowest BCUT2D eigenvalue weighted by atomic mass is 10.0. The molecule has 1 aliphatic heterocycles. The molecule has 0 spiro atoms. The second-order valence-electron chi connectivity index (χ2n) is 5.20. The number of hydrogen-bond donors (Lipinski definition) is 1. The summed E-state index contributed by atoms with van der Waals surface area (Å²) in [5.41, 5.74) is 9.28. The maximum Gasteiger partial charge on any atom is 0.254 e. The number of benzene rings is 1. The molecule has 0 bridgehead atoms. The molecular weight excluding hydrogens is 282 g/mol. The molecule has 4 nitrogen and oxygen atoms in total. The molecule has 0 unspecified atom stereocenters. The molecule has 0 fully saturated rings. The van der Waals surface area contributed by atoms with Crippen LogP contribution in [-0.4, -0.2) is 17.4 Å². The number of amides is 1. The Hall–Kier alpha value is -2.32. The van der Waals surface area contributed by atoms with Crippen LogP contribution in [0.2, 0.25) is 0 Å². The summed E-state index contributed by atoms with van der Waals surface area (Å²) in [5, 5.41) is 9.71. The zero-order valence-corrected chi connectivity index (χ0v) is 12.5. The third-order valence-corrected chi connectivity index (χ3v) is 4.79. The van der Waals surface area contributed by atoms with Gasteiger partial charge in [-0.3, -0.25) is 4.79 Å². The molecule has 5 heteroatoms. The summed E-state index contributed by atoms with van der Waals surface area (Å²) < 4.78 is 0. The van der Waals surface area contributed by atoms with Gasteiger partial charge in [-0.1, -0.05) is 17.7 Å². The highest BCUT2D eigenvalue weighted by atomic mass is 32.1. The van der Waals surface area contributed by atoms with Crippen LogP contribution < -0.4 is 5.73 Å². The first-order chi connectivity index (χ1) is 10.1. The zero-order chi connectivity index (χ0) is 15.0. The molecule has 2 aromatic rings. The van der Waals surface area contributed by atoms with Crippen molar-refractivity contribution in [2.45, 2.75) is 19.9 Å². The smallest absolute Gasteiger partial charge is 0.254 e. The summed E-state index contributed by atoms with van der Waals surface area (Å²) in [7, 11) is 0. The maximum absolute atomic E-state index is 12.6. The van der Waals surface area contributed by atoms with Crippen LogP contribution in [0.5, 0.6) is 0 Å². The molecule has 21 heavy (non-hydrogen) atoms. The second kappa shape index (κ2) is 5.23. The summed E-state index contributed by atoms with van der Waals surface area (Å²) in [4.78, 5) is 15.4. The van der Waals surface area contributed by atoms with Gasteiger partial charge in [0, 0.05) is 17.0 Å². The number of thiophene rings is 1. The van der Waals surface area contributed by atoms with Crippen molar-refractivity contribution in [2.24, 2.45) is 0 Å². The van der Waals surface area contributed by atoms with Crippen molar-refractivity contribution in [2.75, 3.05) is 12.3 Å². The van der Waals surface area contributed by atoms with Crippen molar-refractivity contribution in [3.63, 3.8) is 0 Å². The highest BCUT2D eigenvalue weighted by molar-refractivity contribution is 7.16. The van der Waals surface area contributed by atoms with Crippen LogP contribution in [0.3, 0.4) is 0 Å². The summed E-state index contributed by atoms with van der Waals surface area (Å²) in [5.74, 6) is 0.0369. The van der Waals surface area contributed by atoms with Crippen LogP contribution in [0.25, 0.3) is 0 Å². The number of nitriles is 1. The fourth-order valence-corrected chi connectivity index (χ4v) is 3.77. The Labute approximate surface area is 127 Å². The lowest BCUT2D eigenvalue weighted by Crippen LogP contribution is -2.35. The van der Waals surface area contributed by atoms with Crippen molar-refractivity contribution in [1.82, 2.24) is 4.90 Å². The lowest BCUT2D eigenvalue weighted by Gasteiger charge is -2.27. The molecule has 2 N–H and O–H groups in total. The number of hydrogen-bond acceptors (Lipinski definition) is 4. The van der Waals surface area contributed by atoms with Gasteiger partial charge in [0.1, 0.15) is 11.1 Å². The van der Waals surface area contributed by atoms with Crippen LogP contribution >= 0.6 is 11.3 Å². The zero-order valence-electron chi connectivity index (χ0n) is 11.7. The Morgan fingerprint density at radius 3 is 3.00 bits per heavy atom. The number of rotatable bonds is 1. The van der Waals surface area contributed by atoms with Gasteiger partial charge in [-0.05, 0) is 31.0 Å². The second-order valence-corrected chi connectivity index (χ2v) is 6.34. The molecule has 0 saturated carbocycles. The SMILES string of the molecule is Cc1cccc(C(=O)N2CCc3c(sc(N)c3C#N)C2)c1. The normalized spacial score (nSPS) is 13.6. The third kappa shape index (κ3) is 2.39. The van der Waals surface area contributed by atoms with E-state index in [1.165, 1.54) is 11.3 Å². The number of aryl methyl sites for hydroxylation is 1. The number of nitrogens with two attached hydrogens (primary N) is 1. The largest absolute Gasteiger partial charge is 0.389 e. The summed E-state index contributed by atoms with van der Waals surface area (Å²) >= 11 is 1.42. The van der Waals surface area contributed by atoms with Gasteiger partial charge in [0.25, 0.3) is 5.91 Å². The molecular formula is C16H15N3OS. The first kappa shape index (κ1) is 13.7. The number of carbonyl (C=O) groups is 1. The van der Waals surface area contributed by atoms with Crippen LogP contribution in [0.4, 0.5) is 5.00 Å². The average Bonchev–Trinajstić information content (AvgIpc) is 2.80. The summed E-state index contributed by atoms with van der Waals surface area (Å²) in [6.07, 6.45) is 0.698. The minimum atomic E-state index is 0.0369. The maximum atomic E-state index is 12.6. The van der Waals surface area contributed by atoms with Gasteiger partial charge < -0.3 is 10.6 Å². The molecule has 1 aromatic heterocycles. The van der Waals surface area contributed by atoms with Gasteiger partial charge in [0.15, 0.2) is 0 Å². The van der Waals surface area contributed by atoms with E-state index in [0.29, 0.717) is 35.6 Å². The highest BCUT2D eigenvalue weighted by Gasteiger charge is 2.26. The van der Waals surface area contributed by atoms with Gasteiger partial charge in [0.05, 0.1) is 12.1 Å². The fraction of sp³-hybridized carbons (Fsp3) is 0.250. The molecule has 0 radical (unpaired) electrons. The minimum absolute atomic E-state index is 0.0369. The van der Waals surface area contributed by atoms with Crippen molar-refractivity contribution in [3.8, 4) is 6.07 Å². The first-order valence-corrected chi connectivity index (χ1v) is 7.58. The van der Waals surface area contributed by atoms with E-state index >= 15 is 0 Å². The van der Waals surface area contributed by atoms with Gasteiger partial charge in [0.2, 0.25) is 0 Å². The summed E-state index contributed by atoms with van der Waals surface area (Å²) in [6, 6.07) is 9.79. The van der Waals surface area contributed by atoms with Crippen molar-refractivity contribution >= 4 is 22.2 Å². The molecule has 1 aliphatic rings.